The van der Waals surface area contributed by atoms with Crippen LogP contribution < -0.4 is 11.3 Å². The zero-order valence-corrected chi connectivity index (χ0v) is 18.2. The van der Waals surface area contributed by atoms with E-state index in [1.807, 2.05) is 0 Å². The molecule has 2 aromatic carbocycles. The van der Waals surface area contributed by atoms with Gasteiger partial charge in [-0.1, -0.05) is 32.0 Å². The molecule has 0 aliphatic heterocycles. The van der Waals surface area contributed by atoms with Gasteiger partial charge in [0.05, 0.1) is 11.6 Å². The standard InChI is InChI=1S/C13H18.C11H12N2O3.CH3/c1-3-10-8-12-6-5-7-13(12)9-11(10)4-2;12-5-9(15)6-1-3-8(14)11-7(6)2-4-10(16)13-11;/h8-9H,3-7H2,1-2H3;1-4,9,14-15H,5,12H2,(H,13,16);1H3/q;;-1/t;9-;/m.0./s1. The van der Waals surface area contributed by atoms with E-state index in [1.54, 1.807) is 34.4 Å². The Labute approximate surface area is 178 Å². The Bertz CT molecular complexity index is 1030. The van der Waals surface area contributed by atoms with Crippen LogP contribution in [0.4, 0.5) is 0 Å². The maximum atomic E-state index is 11.1. The van der Waals surface area contributed by atoms with Crippen molar-refractivity contribution in [2.45, 2.75) is 52.1 Å². The van der Waals surface area contributed by atoms with Crippen LogP contribution in [0.15, 0.2) is 41.2 Å². The van der Waals surface area contributed by atoms with Crippen LogP contribution in [0.25, 0.3) is 10.9 Å². The summed E-state index contributed by atoms with van der Waals surface area (Å²) >= 11 is 0. The highest BCUT2D eigenvalue weighted by molar-refractivity contribution is 5.87. The molecular formula is C25H33N2O3-. The molecule has 1 aliphatic carbocycles. The summed E-state index contributed by atoms with van der Waals surface area (Å²) in [5.74, 6) is -0.0272. The molecule has 0 spiro atoms. The van der Waals surface area contributed by atoms with Gasteiger partial charge in [-0.15, -0.1) is 0 Å². The van der Waals surface area contributed by atoms with Gasteiger partial charge >= 0.3 is 0 Å². The molecule has 3 aromatic rings. The molecule has 0 saturated carbocycles. The Morgan fingerprint density at radius 2 is 1.63 bits per heavy atom. The first-order valence-electron chi connectivity index (χ1n) is 10.3. The van der Waals surface area contributed by atoms with E-state index in [1.165, 1.54) is 44.2 Å². The van der Waals surface area contributed by atoms with E-state index >= 15 is 0 Å². The van der Waals surface area contributed by atoms with Gasteiger partial charge in [0.1, 0.15) is 5.75 Å². The van der Waals surface area contributed by atoms with Gasteiger partial charge in [-0.05, 0) is 72.1 Å². The lowest BCUT2D eigenvalue weighted by Crippen LogP contribution is -2.12. The molecule has 5 nitrogen and oxygen atoms in total. The fourth-order valence-electron chi connectivity index (χ4n) is 4.06. The zero-order chi connectivity index (χ0) is 21.0. The van der Waals surface area contributed by atoms with Crippen LogP contribution in [-0.4, -0.2) is 21.7 Å². The number of nitrogens with one attached hydrogen (secondary N) is 1. The number of aromatic nitrogens is 1. The average Bonchev–Trinajstić information content (AvgIpc) is 3.20. The smallest absolute Gasteiger partial charge is 0.248 e. The van der Waals surface area contributed by atoms with Crippen LogP contribution in [-0.2, 0) is 25.7 Å². The number of nitrogens with two attached hydrogens (primary N) is 1. The van der Waals surface area contributed by atoms with Crippen molar-refractivity contribution in [2.24, 2.45) is 5.73 Å². The summed E-state index contributed by atoms with van der Waals surface area (Å²) in [5, 5.41) is 19.9. The zero-order valence-electron chi connectivity index (χ0n) is 18.2. The van der Waals surface area contributed by atoms with Crippen molar-refractivity contribution in [1.29, 1.82) is 0 Å². The predicted octanol–water partition coefficient (Wildman–Crippen LogP) is 3.98. The Kier molecular flexibility index (Phi) is 8.21. The van der Waals surface area contributed by atoms with E-state index < -0.39 is 6.10 Å². The van der Waals surface area contributed by atoms with Crippen LogP contribution in [0, 0.1) is 7.43 Å². The molecule has 1 aromatic heterocycles. The number of fused-ring (bicyclic) bond motifs is 2. The van der Waals surface area contributed by atoms with Crippen LogP contribution in [0.2, 0.25) is 0 Å². The van der Waals surface area contributed by atoms with E-state index in [0.717, 1.165) is 0 Å². The Hall–Kier alpha value is -2.63. The number of benzene rings is 2. The molecule has 5 N–H and O–H groups in total. The fraction of sp³-hybridized carbons (Fsp3) is 0.360. The van der Waals surface area contributed by atoms with Crippen molar-refractivity contribution in [3.63, 3.8) is 0 Å². The number of phenolic OH excluding ortho intramolecular Hbond substituents is 1. The molecule has 4 rings (SSSR count). The topological polar surface area (TPSA) is 99.3 Å². The van der Waals surface area contributed by atoms with Gasteiger partial charge in [0.2, 0.25) is 5.56 Å². The molecule has 1 heterocycles. The molecule has 1 aliphatic rings. The lowest BCUT2D eigenvalue weighted by atomic mass is 9.97. The lowest BCUT2D eigenvalue weighted by Gasteiger charge is -2.12. The van der Waals surface area contributed by atoms with Crippen molar-refractivity contribution >= 4 is 10.9 Å². The lowest BCUT2D eigenvalue weighted by molar-refractivity contribution is 0.188. The molecule has 30 heavy (non-hydrogen) atoms. The number of aliphatic hydroxyl groups is 1. The normalized spacial score (nSPS) is 13.2. The summed E-state index contributed by atoms with van der Waals surface area (Å²) in [6.07, 6.45) is 5.56. The fourth-order valence-corrected chi connectivity index (χ4v) is 4.06. The highest BCUT2D eigenvalue weighted by atomic mass is 16.3. The number of hydrogen-bond donors (Lipinski definition) is 4. The van der Waals surface area contributed by atoms with E-state index in [9.17, 15) is 15.0 Å². The number of pyridine rings is 1. The van der Waals surface area contributed by atoms with Crippen molar-refractivity contribution in [3.8, 4) is 5.75 Å². The van der Waals surface area contributed by atoms with Gasteiger partial charge < -0.3 is 28.4 Å². The van der Waals surface area contributed by atoms with Crippen molar-refractivity contribution < 1.29 is 10.2 Å². The summed E-state index contributed by atoms with van der Waals surface area (Å²) in [5.41, 5.74) is 12.4. The van der Waals surface area contributed by atoms with Crippen LogP contribution in [0.3, 0.4) is 0 Å². The predicted molar refractivity (Wildman–Crippen MR) is 124 cm³/mol. The van der Waals surface area contributed by atoms with E-state index in [4.69, 9.17) is 5.73 Å². The molecule has 0 fully saturated rings. The van der Waals surface area contributed by atoms with Crippen molar-refractivity contribution in [3.05, 3.63) is 82.0 Å². The molecule has 0 bridgehead atoms. The summed E-state index contributed by atoms with van der Waals surface area (Å²) in [4.78, 5) is 13.7. The van der Waals surface area contributed by atoms with Crippen LogP contribution >= 0.6 is 0 Å². The minimum absolute atomic E-state index is 0. The summed E-state index contributed by atoms with van der Waals surface area (Å²) in [7, 11) is 0. The van der Waals surface area contributed by atoms with Gasteiger partial charge in [-0.3, -0.25) is 4.79 Å². The largest absolute Gasteiger partial charge is 0.506 e. The molecule has 1 atom stereocenters. The highest BCUT2D eigenvalue weighted by Gasteiger charge is 2.13. The number of aromatic amines is 1. The molecular weight excluding hydrogens is 376 g/mol. The maximum Gasteiger partial charge on any atom is 0.248 e. The molecule has 0 amide bonds. The number of hydrogen-bond acceptors (Lipinski definition) is 4. The SMILES string of the molecule is CCc1cc2c(cc1CC)CCC2.NC[C@H](O)c1ccc(O)c2[nH]c(=O)ccc12.[CH3-]. The highest BCUT2D eigenvalue weighted by Crippen LogP contribution is 2.28. The molecule has 0 unspecified atom stereocenters. The molecule has 5 heteroatoms. The Balaban J connectivity index is 0.000000211. The Morgan fingerprint density at radius 1 is 1.03 bits per heavy atom. The molecule has 0 radical (unpaired) electrons. The summed E-state index contributed by atoms with van der Waals surface area (Å²) in [6.45, 7) is 4.60. The first kappa shape index (κ1) is 23.6. The Morgan fingerprint density at radius 3 is 2.17 bits per heavy atom. The van der Waals surface area contributed by atoms with Crippen LogP contribution in [0.5, 0.6) is 5.75 Å². The minimum Gasteiger partial charge on any atom is -0.506 e. The summed E-state index contributed by atoms with van der Waals surface area (Å²) in [6, 6.07) is 10.8. The maximum absolute atomic E-state index is 11.1. The molecule has 162 valence electrons. The van der Waals surface area contributed by atoms with Crippen molar-refractivity contribution in [2.75, 3.05) is 6.54 Å². The monoisotopic (exact) mass is 409 g/mol. The quantitative estimate of drug-likeness (QED) is 0.490. The van der Waals surface area contributed by atoms with E-state index in [2.05, 4.69) is 31.0 Å². The first-order valence-corrected chi connectivity index (χ1v) is 10.3. The second kappa shape index (κ2) is 10.4. The third-order valence-corrected chi connectivity index (χ3v) is 5.66. The van der Waals surface area contributed by atoms with Gasteiger partial charge in [-0.25, -0.2) is 0 Å². The van der Waals surface area contributed by atoms with Gasteiger partial charge in [-0.2, -0.15) is 0 Å². The van der Waals surface area contributed by atoms with Gasteiger partial charge in [0.25, 0.3) is 0 Å². The number of aromatic hydroxyl groups is 1. The number of phenols is 1. The number of aryl methyl sites for hydroxylation is 4. The van der Waals surface area contributed by atoms with Crippen molar-refractivity contribution in [1.82, 2.24) is 4.98 Å². The number of aliphatic hydroxyl groups excluding tert-OH is 1. The second-order valence-electron chi connectivity index (χ2n) is 7.49. The summed E-state index contributed by atoms with van der Waals surface area (Å²) < 4.78 is 0. The molecule has 0 saturated heterocycles. The van der Waals surface area contributed by atoms with E-state index in [0.29, 0.717) is 16.5 Å². The first-order chi connectivity index (χ1) is 14.0. The van der Waals surface area contributed by atoms with Crippen LogP contribution in [0.1, 0.15) is 54.2 Å². The third-order valence-electron chi connectivity index (χ3n) is 5.66. The van der Waals surface area contributed by atoms with E-state index in [-0.39, 0.29) is 25.3 Å². The number of rotatable bonds is 4. The number of H-pyrrole nitrogens is 1. The second-order valence-corrected chi connectivity index (χ2v) is 7.49. The van der Waals surface area contributed by atoms with Gasteiger partial charge in [0, 0.05) is 18.0 Å². The van der Waals surface area contributed by atoms with Gasteiger partial charge in [0.15, 0.2) is 0 Å². The third kappa shape index (κ3) is 4.91. The average molecular weight is 410 g/mol. The minimum atomic E-state index is -0.811.